The summed E-state index contributed by atoms with van der Waals surface area (Å²) in [6, 6.07) is 15.0. The topological polar surface area (TPSA) is 59.6 Å². The zero-order chi connectivity index (χ0) is 17.6. The molecular weight excluding hydrogens is 306 g/mol. The van der Waals surface area contributed by atoms with Crippen LogP contribution in [0, 0.1) is 34.5 Å². The Balaban J connectivity index is 1.93. The molecule has 2 aliphatic rings. The second-order valence-electron chi connectivity index (χ2n) is 6.56. The molecule has 4 atom stereocenters. The lowest BCUT2D eigenvalue weighted by Gasteiger charge is -2.37. The first kappa shape index (κ1) is 17.0. The first-order valence-electron chi connectivity index (χ1n) is 8.66. The molecule has 0 aliphatic carbocycles. The van der Waals surface area contributed by atoms with Crippen molar-refractivity contribution < 1.29 is 0 Å². The van der Waals surface area contributed by atoms with E-state index >= 15 is 0 Å². The largest absolute Gasteiger partial charge is 0.310 e. The van der Waals surface area contributed by atoms with Gasteiger partial charge < -0.3 is 5.32 Å². The van der Waals surface area contributed by atoms with Gasteiger partial charge in [0.25, 0.3) is 0 Å². The van der Waals surface area contributed by atoms with Gasteiger partial charge >= 0.3 is 0 Å². The predicted octanol–water partition coefficient (Wildman–Crippen LogP) is 4.14. The Hall–Kier alpha value is -2.84. The van der Waals surface area contributed by atoms with E-state index in [0.29, 0.717) is 6.04 Å². The van der Waals surface area contributed by atoms with E-state index in [1.54, 1.807) is 0 Å². The van der Waals surface area contributed by atoms with Crippen LogP contribution in [0.3, 0.4) is 0 Å². The van der Waals surface area contributed by atoms with E-state index in [-0.39, 0.29) is 23.5 Å². The Morgan fingerprint density at radius 2 is 1.88 bits per heavy atom. The normalized spacial score (nSPS) is 27.4. The minimum Gasteiger partial charge on any atom is -0.310 e. The van der Waals surface area contributed by atoms with E-state index in [1.807, 2.05) is 24.3 Å². The van der Waals surface area contributed by atoms with Crippen molar-refractivity contribution in [1.29, 1.82) is 10.5 Å². The lowest BCUT2D eigenvalue weighted by atomic mass is 9.75. The van der Waals surface area contributed by atoms with E-state index in [1.165, 1.54) is 0 Å². The molecule has 0 aromatic heterocycles. The summed E-state index contributed by atoms with van der Waals surface area (Å²) in [5.74, 6) is 0.184. The molecule has 1 N–H and O–H groups in total. The average molecular weight is 327 g/mol. The summed E-state index contributed by atoms with van der Waals surface area (Å²) in [4.78, 5) is 0. The molecule has 2 heterocycles. The molecule has 0 radical (unpaired) electrons. The van der Waals surface area contributed by atoms with Gasteiger partial charge in [0.05, 0.1) is 0 Å². The molecule has 0 spiro atoms. The number of rotatable bonds is 4. The van der Waals surface area contributed by atoms with E-state index < -0.39 is 0 Å². The summed E-state index contributed by atoms with van der Waals surface area (Å²) in [7, 11) is 0. The Kier molecular flexibility index (Phi) is 5.32. The van der Waals surface area contributed by atoms with Crippen molar-refractivity contribution in [3.63, 3.8) is 0 Å². The molecule has 3 nitrogen and oxygen atoms in total. The molecule has 25 heavy (non-hydrogen) atoms. The van der Waals surface area contributed by atoms with Crippen LogP contribution in [0.15, 0.2) is 65.9 Å². The standard InChI is InChI=1S/C22H21N3/c1-2-7-18-20-12-13-21(25-20)19(22(18)17(14-23)15-24)11-6-10-16-8-4-3-5-9-16/h3-10,18-21,25H,1,11-13H2/b10-6+/t18-,19+,20-,21+/m0/s1. The number of nitriles is 2. The van der Waals surface area contributed by atoms with Gasteiger partial charge in [-0.15, -0.1) is 5.73 Å². The van der Waals surface area contributed by atoms with Crippen molar-refractivity contribution >= 4 is 6.08 Å². The van der Waals surface area contributed by atoms with E-state index in [9.17, 15) is 10.5 Å². The Morgan fingerprint density at radius 1 is 1.16 bits per heavy atom. The van der Waals surface area contributed by atoms with Gasteiger partial charge in [-0.2, -0.15) is 10.5 Å². The first-order chi connectivity index (χ1) is 12.3. The van der Waals surface area contributed by atoms with Crippen molar-refractivity contribution in [2.75, 3.05) is 0 Å². The zero-order valence-electron chi connectivity index (χ0n) is 14.2. The molecule has 0 amide bonds. The van der Waals surface area contributed by atoms with Crippen LogP contribution in [-0.4, -0.2) is 12.1 Å². The second kappa shape index (κ2) is 7.82. The van der Waals surface area contributed by atoms with Crippen LogP contribution >= 0.6 is 0 Å². The van der Waals surface area contributed by atoms with Crippen LogP contribution in [0.2, 0.25) is 0 Å². The molecule has 0 unspecified atom stereocenters. The van der Waals surface area contributed by atoms with E-state index in [0.717, 1.165) is 30.4 Å². The van der Waals surface area contributed by atoms with Crippen LogP contribution in [0.4, 0.5) is 0 Å². The molecule has 1 aromatic rings. The van der Waals surface area contributed by atoms with Gasteiger partial charge in [-0.05, 0) is 36.5 Å². The fourth-order valence-corrected chi connectivity index (χ4v) is 4.13. The van der Waals surface area contributed by atoms with Gasteiger partial charge in [0, 0.05) is 23.9 Å². The van der Waals surface area contributed by atoms with E-state index in [4.69, 9.17) is 0 Å². The zero-order valence-corrected chi connectivity index (χ0v) is 14.2. The highest BCUT2D eigenvalue weighted by Crippen LogP contribution is 2.43. The van der Waals surface area contributed by atoms with Crippen molar-refractivity contribution in [2.45, 2.75) is 31.3 Å². The third-order valence-electron chi connectivity index (χ3n) is 5.20. The maximum Gasteiger partial charge on any atom is 0.129 e. The number of hydrogen-bond donors (Lipinski definition) is 1. The highest BCUT2D eigenvalue weighted by Gasteiger charge is 2.44. The maximum atomic E-state index is 9.46. The Bertz CT molecular complexity index is 797. The minimum absolute atomic E-state index is 0.0284. The van der Waals surface area contributed by atoms with Crippen molar-refractivity contribution in [1.82, 2.24) is 5.32 Å². The fraction of sp³-hybridized carbons (Fsp3) is 0.318. The highest BCUT2D eigenvalue weighted by molar-refractivity contribution is 5.50. The van der Waals surface area contributed by atoms with Gasteiger partial charge in [-0.1, -0.05) is 49.1 Å². The van der Waals surface area contributed by atoms with Crippen molar-refractivity contribution in [3.05, 3.63) is 71.5 Å². The molecule has 3 rings (SSSR count). The Morgan fingerprint density at radius 3 is 2.56 bits per heavy atom. The second-order valence-corrected chi connectivity index (χ2v) is 6.56. The fourth-order valence-electron chi connectivity index (χ4n) is 4.13. The molecule has 124 valence electrons. The molecule has 2 aliphatic heterocycles. The van der Waals surface area contributed by atoms with Gasteiger partial charge in [0.1, 0.15) is 17.7 Å². The molecule has 3 heteroatoms. The third kappa shape index (κ3) is 3.49. The molecule has 2 fully saturated rings. The number of allylic oxidation sites excluding steroid dienone is 2. The van der Waals surface area contributed by atoms with Crippen LogP contribution in [-0.2, 0) is 0 Å². The summed E-state index contributed by atoms with van der Waals surface area (Å²) < 4.78 is 0. The van der Waals surface area contributed by atoms with Gasteiger partial charge in [-0.3, -0.25) is 0 Å². The first-order valence-corrected chi connectivity index (χ1v) is 8.66. The maximum absolute atomic E-state index is 9.46. The monoisotopic (exact) mass is 327 g/mol. The molecule has 0 saturated carbocycles. The predicted molar refractivity (Wildman–Crippen MR) is 99.0 cm³/mol. The molecular formula is C22H21N3. The highest BCUT2D eigenvalue weighted by atomic mass is 15.0. The summed E-state index contributed by atoms with van der Waals surface area (Å²) in [6.45, 7) is 3.70. The lowest BCUT2D eigenvalue weighted by molar-refractivity contribution is 0.327. The van der Waals surface area contributed by atoms with Crippen LogP contribution in [0.5, 0.6) is 0 Å². The lowest BCUT2D eigenvalue weighted by Crippen LogP contribution is -2.47. The third-order valence-corrected chi connectivity index (χ3v) is 5.20. The minimum atomic E-state index is 0.0284. The van der Waals surface area contributed by atoms with Gasteiger partial charge in [0.15, 0.2) is 0 Å². The van der Waals surface area contributed by atoms with Crippen LogP contribution in [0.25, 0.3) is 6.08 Å². The summed E-state index contributed by atoms with van der Waals surface area (Å²) in [5, 5.41) is 22.6. The summed E-state index contributed by atoms with van der Waals surface area (Å²) in [5.41, 5.74) is 5.25. The van der Waals surface area contributed by atoms with Gasteiger partial charge in [-0.25, -0.2) is 0 Å². The Labute approximate surface area is 149 Å². The molecule has 2 saturated heterocycles. The van der Waals surface area contributed by atoms with Crippen LogP contribution < -0.4 is 5.32 Å². The van der Waals surface area contributed by atoms with Crippen LogP contribution in [0.1, 0.15) is 24.8 Å². The smallest absolute Gasteiger partial charge is 0.129 e. The summed E-state index contributed by atoms with van der Waals surface area (Å²) in [6.07, 6.45) is 9.11. The number of piperidine rings is 1. The number of hydrogen-bond acceptors (Lipinski definition) is 3. The SMILES string of the molecule is C=C=C[C@@H]1C(=C(C#N)C#N)[C@H](C/C=C/c2ccccc2)[C@H]2CC[C@@H]1N2. The summed E-state index contributed by atoms with van der Waals surface area (Å²) >= 11 is 0. The van der Waals surface area contributed by atoms with E-state index in [2.05, 4.69) is 54.1 Å². The number of fused-ring (bicyclic) bond motifs is 2. The molecule has 1 aromatic carbocycles. The van der Waals surface area contributed by atoms with Crippen molar-refractivity contribution in [3.8, 4) is 12.1 Å². The van der Waals surface area contributed by atoms with Gasteiger partial charge in [0.2, 0.25) is 0 Å². The quantitative estimate of drug-likeness (QED) is 0.668. The number of nitrogens with one attached hydrogen (secondary N) is 1. The number of nitrogens with zero attached hydrogens (tertiary/aromatic N) is 2. The average Bonchev–Trinajstić information content (AvgIpc) is 3.08. The molecule has 2 bridgehead atoms. The number of benzene rings is 1. The van der Waals surface area contributed by atoms with Crippen molar-refractivity contribution in [2.24, 2.45) is 11.8 Å².